The molecular weight excluding hydrogens is 294 g/mol. The van der Waals surface area contributed by atoms with Gasteiger partial charge in [-0.3, -0.25) is 4.79 Å². The number of imidazole rings is 1. The van der Waals surface area contributed by atoms with Gasteiger partial charge in [0.05, 0.1) is 11.2 Å². The first-order chi connectivity index (χ1) is 10.8. The van der Waals surface area contributed by atoms with Gasteiger partial charge in [-0.15, -0.1) is 11.3 Å². The molecule has 0 bridgehead atoms. The summed E-state index contributed by atoms with van der Waals surface area (Å²) in [6.45, 7) is 3.85. The van der Waals surface area contributed by atoms with Crippen LogP contribution in [0.15, 0.2) is 24.8 Å². The van der Waals surface area contributed by atoms with Crippen LogP contribution in [0.1, 0.15) is 46.3 Å². The Morgan fingerprint density at radius 1 is 1.55 bits per heavy atom. The van der Waals surface area contributed by atoms with Crippen LogP contribution in [0.4, 0.5) is 0 Å². The zero-order valence-electron chi connectivity index (χ0n) is 13.0. The minimum Gasteiger partial charge on any atom is -0.351 e. The van der Waals surface area contributed by atoms with E-state index in [1.54, 1.807) is 23.9 Å². The second-order valence-electron chi connectivity index (χ2n) is 5.99. The fraction of sp³-hybridized carbons (Fsp3) is 0.529. The predicted molar refractivity (Wildman–Crippen MR) is 89.3 cm³/mol. The fourth-order valence-corrected chi connectivity index (χ4v) is 4.15. The highest BCUT2D eigenvalue weighted by Gasteiger charge is 2.21. The highest BCUT2D eigenvalue weighted by molar-refractivity contribution is 7.14. The lowest BCUT2D eigenvalue weighted by Crippen LogP contribution is -2.24. The van der Waals surface area contributed by atoms with Crippen LogP contribution < -0.4 is 5.32 Å². The van der Waals surface area contributed by atoms with Gasteiger partial charge in [0.2, 0.25) is 0 Å². The van der Waals surface area contributed by atoms with Gasteiger partial charge in [-0.25, -0.2) is 4.98 Å². The summed E-state index contributed by atoms with van der Waals surface area (Å²) in [5, 5.41) is 3.03. The maximum atomic E-state index is 12.3. The molecule has 0 saturated heterocycles. The van der Waals surface area contributed by atoms with Crippen molar-refractivity contribution >= 4 is 17.2 Å². The molecule has 1 N–H and O–H groups in total. The Labute approximate surface area is 135 Å². The van der Waals surface area contributed by atoms with Crippen LogP contribution in [0.25, 0.3) is 0 Å². The molecule has 2 heterocycles. The Morgan fingerprint density at radius 3 is 3.23 bits per heavy atom. The molecule has 0 spiro atoms. The van der Waals surface area contributed by atoms with E-state index < -0.39 is 0 Å². The average Bonchev–Trinajstić information content (AvgIpc) is 3.19. The summed E-state index contributed by atoms with van der Waals surface area (Å²) in [5.74, 6) is 0.881. The molecule has 0 saturated carbocycles. The Hall–Kier alpha value is -1.62. The van der Waals surface area contributed by atoms with Crippen LogP contribution in [0, 0.1) is 5.92 Å². The minimum atomic E-state index is 0.0816. The van der Waals surface area contributed by atoms with Crippen LogP contribution in [0.5, 0.6) is 0 Å². The van der Waals surface area contributed by atoms with Gasteiger partial charge in [0.15, 0.2) is 0 Å². The second-order valence-corrected chi connectivity index (χ2v) is 7.12. The third-order valence-corrected chi connectivity index (χ3v) is 5.66. The highest BCUT2D eigenvalue weighted by atomic mass is 32.1. The Morgan fingerprint density at radius 2 is 2.45 bits per heavy atom. The number of carbonyl (C=O) groups excluding carboxylic acids is 1. The summed E-state index contributed by atoms with van der Waals surface area (Å²) >= 11 is 1.68. The van der Waals surface area contributed by atoms with E-state index in [1.807, 2.05) is 10.8 Å². The fourth-order valence-electron chi connectivity index (χ4n) is 3.03. The van der Waals surface area contributed by atoms with Crippen LogP contribution >= 0.6 is 11.3 Å². The van der Waals surface area contributed by atoms with Crippen molar-refractivity contribution in [1.29, 1.82) is 0 Å². The number of amides is 1. The van der Waals surface area contributed by atoms with E-state index in [9.17, 15) is 4.79 Å². The standard InChI is InChI=1S/C17H23N3OS/c1-2-13-4-5-15-14(10-13)11-16(22-15)17(21)19-6-3-8-20-9-7-18-12-20/h7,9,11-13H,2-6,8,10H2,1H3,(H,19,21)/t13-/m1/s1. The van der Waals surface area contributed by atoms with Gasteiger partial charge < -0.3 is 9.88 Å². The average molecular weight is 317 g/mol. The van der Waals surface area contributed by atoms with Gasteiger partial charge in [0, 0.05) is 30.4 Å². The quantitative estimate of drug-likeness (QED) is 0.831. The van der Waals surface area contributed by atoms with E-state index in [2.05, 4.69) is 23.3 Å². The van der Waals surface area contributed by atoms with E-state index in [0.717, 1.165) is 36.6 Å². The van der Waals surface area contributed by atoms with Crippen molar-refractivity contribution in [3.8, 4) is 0 Å². The first-order valence-corrected chi connectivity index (χ1v) is 8.93. The molecule has 0 fully saturated rings. The molecule has 1 atom stereocenters. The van der Waals surface area contributed by atoms with Crippen LogP contribution in [0.3, 0.4) is 0 Å². The zero-order chi connectivity index (χ0) is 15.4. The lowest BCUT2D eigenvalue weighted by atomic mass is 9.87. The van der Waals surface area contributed by atoms with Crippen LogP contribution in [-0.4, -0.2) is 22.0 Å². The maximum Gasteiger partial charge on any atom is 0.261 e. The molecule has 2 aromatic heterocycles. The van der Waals surface area contributed by atoms with E-state index in [-0.39, 0.29) is 5.91 Å². The third kappa shape index (κ3) is 3.58. The molecule has 0 radical (unpaired) electrons. The van der Waals surface area contributed by atoms with Gasteiger partial charge in [0.1, 0.15) is 0 Å². The van der Waals surface area contributed by atoms with Crippen molar-refractivity contribution in [1.82, 2.24) is 14.9 Å². The summed E-state index contributed by atoms with van der Waals surface area (Å²) in [6, 6.07) is 2.12. The summed E-state index contributed by atoms with van der Waals surface area (Å²) in [4.78, 5) is 18.6. The first-order valence-electron chi connectivity index (χ1n) is 8.11. The number of nitrogens with zero attached hydrogens (tertiary/aromatic N) is 2. The Kier molecular flexibility index (Phi) is 4.93. The SMILES string of the molecule is CC[C@@H]1CCc2sc(C(=O)NCCCn3ccnc3)cc2C1. The molecule has 118 valence electrons. The number of hydrogen-bond acceptors (Lipinski definition) is 3. The number of aryl methyl sites for hydroxylation is 2. The van der Waals surface area contributed by atoms with Crippen LogP contribution in [-0.2, 0) is 19.4 Å². The van der Waals surface area contributed by atoms with Crippen LogP contribution in [0.2, 0.25) is 0 Å². The molecule has 0 aliphatic heterocycles. The largest absolute Gasteiger partial charge is 0.351 e. The topological polar surface area (TPSA) is 46.9 Å². The van der Waals surface area contributed by atoms with E-state index in [0.29, 0.717) is 6.54 Å². The molecule has 1 amide bonds. The second kappa shape index (κ2) is 7.09. The molecule has 2 aromatic rings. The maximum absolute atomic E-state index is 12.3. The van der Waals surface area contributed by atoms with Gasteiger partial charge in [-0.2, -0.15) is 0 Å². The Balaban J connectivity index is 1.49. The molecule has 1 aliphatic carbocycles. The lowest BCUT2D eigenvalue weighted by molar-refractivity contribution is 0.0956. The van der Waals surface area contributed by atoms with Gasteiger partial charge >= 0.3 is 0 Å². The summed E-state index contributed by atoms with van der Waals surface area (Å²) in [5.41, 5.74) is 1.41. The molecule has 3 rings (SSSR count). The predicted octanol–water partition coefficient (Wildman–Crippen LogP) is 3.28. The number of fused-ring (bicyclic) bond motifs is 1. The number of carbonyl (C=O) groups is 1. The van der Waals surface area contributed by atoms with E-state index in [4.69, 9.17) is 0 Å². The number of nitrogens with one attached hydrogen (secondary N) is 1. The highest BCUT2D eigenvalue weighted by Crippen LogP contribution is 2.33. The summed E-state index contributed by atoms with van der Waals surface area (Å²) in [7, 11) is 0. The third-order valence-electron chi connectivity index (χ3n) is 4.42. The normalized spacial score (nSPS) is 17.2. The van der Waals surface area contributed by atoms with Crippen molar-refractivity contribution in [3.05, 3.63) is 40.1 Å². The molecule has 0 aromatic carbocycles. The first kappa shape index (κ1) is 15.3. The monoisotopic (exact) mass is 317 g/mol. The van der Waals surface area contributed by atoms with Crippen molar-refractivity contribution in [3.63, 3.8) is 0 Å². The van der Waals surface area contributed by atoms with Crippen molar-refractivity contribution < 1.29 is 4.79 Å². The number of thiophene rings is 1. The van der Waals surface area contributed by atoms with Gasteiger partial charge in [-0.1, -0.05) is 13.3 Å². The molecular formula is C17H23N3OS. The minimum absolute atomic E-state index is 0.0816. The molecule has 0 unspecified atom stereocenters. The lowest BCUT2D eigenvalue weighted by Gasteiger charge is -2.19. The smallest absolute Gasteiger partial charge is 0.261 e. The van der Waals surface area contributed by atoms with Gasteiger partial charge in [-0.05, 0) is 43.2 Å². The Bertz CT molecular complexity index is 618. The summed E-state index contributed by atoms with van der Waals surface area (Å²) in [6.07, 6.45) is 11.3. The molecule has 4 nitrogen and oxygen atoms in total. The van der Waals surface area contributed by atoms with E-state index >= 15 is 0 Å². The van der Waals surface area contributed by atoms with Crippen molar-refractivity contribution in [2.75, 3.05) is 6.54 Å². The molecule has 22 heavy (non-hydrogen) atoms. The molecule has 1 aliphatic rings. The van der Waals surface area contributed by atoms with Crippen molar-refractivity contribution in [2.45, 2.75) is 45.6 Å². The van der Waals surface area contributed by atoms with E-state index in [1.165, 1.54) is 23.3 Å². The zero-order valence-corrected chi connectivity index (χ0v) is 13.9. The summed E-state index contributed by atoms with van der Waals surface area (Å²) < 4.78 is 2.03. The van der Waals surface area contributed by atoms with Crippen molar-refractivity contribution in [2.24, 2.45) is 5.92 Å². The molecule has 5 heteroatoms. The number of rotatable bonds is 6. The number of hydrogen-bond donors (Lipinski definition) is 1. The number of aromatic nitrogens is 2. The van der Waals surface area contributed by atoms with Gasteiger partial charge in [0.25, 0.3) is 5.91 Å².